The quantitative estimate of drug-likeness (QED) is 0.429. The van der Waals surface area contributed by atoms with Crippen LogP contribution in [0.25, 0.3) is 0 Å². The Kier molecular flexibility index (Phi) is 6.20. The van der Waals surface area contributed by atoms with E-state index in [1.54, 1.807) is 0 Å². The Labute approximate surface area is 153 Å². The van der Waals surface area contributed by atoms with Crippen molar-refractivity contribution < 1.29 is 19.1 Å². The van der Waals surface area contributed by atoms with E-state index >= 15 is 0 Å². The number of hydrogen-bond acceptors (Lipinski definition) is 4. The summed E-state index contributed by atoms with van der Waals surface area (Å²) in [5.41, 5.74) is 1.78. The predicted octanol–water partition coefficient (Wildman–Crippen LogP) is 4.06. The fourth-order valence-electron chi connectivity index (χ4n) is 3.02. The second kappa shape index (κ2) is 8.99. The van der Waals surface area contributed by atoms with Crippen LogP contribution in [0.1, 0.15) is 24.0 Å². The molecule has 0 N–H and O–H groups in total. The van der Waals surface area contributed by atoms with Crippen molar-refractivity contribution in [3.8, 4) is 0 Å². The van der Waals surface area contributed by atoms with Crippen LogP contribution in [0.3, 0.4) is 0 Å². The van der Waals surface area contributed by atoms with Crippen molar-refractivity contribution in [1.82, 2.24) is 0 Å². The molecule has 1 aliphatic carbocycles. The smallest absolute Gasteiger partial charge is 0.321 e. The van der Waals surface area contributed by atoms with Crippen LogP contribution in [-0.4, -0.2) is 11.9 Å². The molecule has 0 saturated carbocycles. The number of rotatable bonds is 7. The normalized spacial score (nSPS) is 15.8. The number of esters is 2. The van der Waals surface area contributed by atoms with Gasteiger partial charge in [-0.3, -0.25) is 9.59 Å². The van der Waals surface area contributed by atoms with Gasteiger partial charge in [0.05, 0.1) is 0 Å². The molecular formula is C22H22O4. The van der Waals surface area contributed by atoms with Crippen molar-refractivity contribution in [3.05, 3.63) is 83.9 Å². The van der Waals surface area contributed by atoms with Gasteiger partial charge in [-0.25, -0.2) is 0 Å². The monoisotopic (exact) mass is 350 g/mol. The summed E-state index contributed by atoms with van der Waals surface area (Å²) in [5, 5.41) is 0. The van der Waals surface area contributed by atoms with Crippen molar-refractivity contribution in [2.75, 3.05) is 0 Å². The highest BCUT2D eigenvalue weighted by atomic mass is 16.6. The van der Waals surface area contributed by atoms with Gasteiger partial charge in [-0.2, -0.15) is 0 Å². The summed E-state index contributed by atoms with van der Waals surface area (Å²) < 4.78 is 10.8. The van der Waals surface area contributed by atoms with Crippen LogP contribution in [0.2, 0.25) is 0 Å². The van der Waals surface area contributed by atoms with E-state index in [4.69, 9.17) is 9.47 Å². The summed E-state index contributed by atoms with van der Waals surface area (Å²) in [4.78, 5) is 25.2. The molecule has 2 aromatic rings. The standard InChI is InChI=1S/C22H22O4/c23-21(25-15-17-9-3-1-4-10-17)20(19-13-7-8-14-19)22(24)26-16-18-11-5-2-6-12-18/h1-7,9-13,19-20H,8,14-16H2/t19-/m1/s1. The summed E-state index contributed by atoms with van der Waals surface area (Å²) >= 11 is 0. The lowest BCUT2D eigenvalue weighted by Gasteiger charge is -2.19. The van der Waals surface area contributed by atoms with Crippen LogP contribution in [0, 0.1) is 11.8 Å². The Hall–Kier alpha value is -2.88. The molecule has 0 aromatic heterocycles. The Morgan fingerprint density at radius 3 is 1.77 bits per heavy atom. The fourth-order valence-corrected chi connectivity index (χ4v) is 3.02. The minimum atomic E-state index is -0.916. The van der Waals surface area contributed by atoms with Gasteiger partial charge in [0.2, 0.25) is 0 Å². The minimum absolute atomic E-state index is 0.151. The molecule has 4 nitrogen and oxygen atoms in total. The number of ether oxygens (including phenoxy) is 2. The van der Waals surface area contributed by atoms with E-state index in [9.17, 15) is 9.59 Å². The lowest BCUT2D eigenvalue weighted by molar-refractivity contribution is -0.165. The molecule has 134 valence electrons. The van der Waals surface area contributed by atoms with Crippen molar-refractivity contribution >= 4 is 11.9 Å². The minimum Gasteiger partial charge on any atom is -0.460 e. The van der Waals surface area contributed by atoms with Gasteiger partial charge in [0, 0.05) is 5.92 Å². The number of carbonyl (C=O) groups is 2. The molecule has 0 heterocycles. The molecule has 0 spiro atoms. The molecule has 1 aliphatic rings. The van der Waals surface area contributed by atoms with Crippen molar-refractivity contribution in [3.63, 3.8) is 0 Å². The van der Waals surface area contributed by atoms with Crippen molar-refractivity contribution in [1.29, 1.82) is 0 Å². The van der Waals surface area contributed by atoms with E-state index in [-0.39, 0.29) is 19.1 Å². The first-order chi connectivity index (χ1) is 12.7. The summed E-state index contributed by atoms with van der Waals surface area (Å²) in [6.07, 6.45) is 5.52. The van der Waals surface area contributed by atoms with Crippen LogP contribution < -0.4 is 0 Å². The molecule has 1 atom stereocenters. The number of benzene rings is 2. The second-order valence-electron chi connectivity index (χ2n) is 6.33. The molecule has 26 heavy (non-hydrogen) atoms. The van der Waals surface area contributed by atoms with Crippen LogP contribution in [0.15, 0.2) is 72.8 Å². The fraction of sp³-hybridized carbons (Fsp3) is 0.273. The van der Waals surface area contributed by atoms with Gasteiger partial charge in [-0.05, 0) is 24.0 Å². The Morgan fingerprint density at radius 2 is 1.35 bits per heavy atom. The summed E-state index contributed by atoms with van der Waals surface area (Å²) in [5.74, 6) is -2.13. The first-order valence-corrected chi connectivity index (χ1v) is 8.82. The average Bonchev–Trinajstić information content (AvgIpc) is 3.21. The SMILES string of the molecule is O=C(OCc1ccccc1)C(C(=O)OCc1ccccc1)[C@@H]1C=CCC1. The lowest BCUT2D eigenvalue weighted by atomic mass is 9.92. The molecular weight excluding hydrogens is 328 g/mol. The van der Waals surface area contributed by atoms with Crippen LogP contribution in [0.4, 0.5) is 0 Å². The van der Waals surface area contributed by atoms with Crippen molar-refractivity contribution in [2.24, 2.45) is 11.8 Å². The Balaban J connectivity index is 1.63. The van der Waals surface area contributed by atoms with Crippen LogP contribution in [-0.2, 0) is 32.3 Å². The zero-order valence-electron chi connectivity index (χ0n) is 14.5. The maximum Gasteiger partial charge on any atom is 0.321 e. The number of carbonyl (C=O) groups excluding carboxylic acids is 2. The molecule has 0 bridgehead atoms. The number of hydrogen-bond donors (Lipinski definition) is 0. The third-order valence-electron chi connectivity index (χ3n) is 4.43. The molecule has 0 radical (unpaired) electrons. The Bertz CT molecular complexity index is 697. The zero-order chi connectivity index (χ0) is 18.2. The molecule has 0 unspecified atom stereocenters. The second-order valence-corrected chi connectivity index (χ2v) is 6.33. The van der Waals surface area contributed by atoms with E-state index < -0.39 is 17.9 Å². The number of allylic oxidation sites excluding steroid dienone is 2. The predicted molar refractivity (Wildman–Crippen MR) is 97.8 cm³/mol. The van der Waals surface area contributed by atoms with E-state index in [1.807, 2.05) is 72.8 Å². The first-order valence-electron chi connectivity index (χ1n) is 8.82. The summed E-state index contributed by atoms with van der Waals surface area (Å²) in [6.45, 7) is 0.303. The molecule has 3 rings (SSSR count). The van der Waals surface area contributed by atoms with Gasteiger partial charge in [0.15, 0.2) is 5.92 Å². The third kappa shape index (κ3) is 4.82. The van der Waals surface area contributed by atoms with Gasteiger partial charge in [-0.1, -0.05) is 72.8 Å². The summed E-state index contributed by atoms with van der Waals surface area (Å²) in [7, 11) is 0. The topological polar surface area (TPSA) is 52.6 Å². The molecule has 0 aliphatic heterocycles. The molecule has 0 amide bonds. The average molecular weight is 350 g/mol. The maximum atomic E-state index is 12.6. The van der Waals surface area contributed by atoms with Crippen LogP contribution >= 0.6 is 0 Å². The first kappa shape index (κ1) is 17.9. The molecule has 0 fully saturated rings. The highest BCUT2D eigenvalue weighted by Crippen LogP contribution is 2.28. The zero-order valence-corrected chi connectivity index (χ0v) is 14.5. The maximum absolute atomic E-state index is 12.6. The highest BCUT2D eigenvalue weighted by molar-refractivity contribution is 5.95. The van der Waals surface area contributed by atoms with Gasteiger partial charge in [-0.15, -0.1) is 0 Å². The van der Waals surface area contributed by atoms with Crippen molar-refractivity contribution in [2.45, 2.75) is 26.1 Å². The summed E-state index contributed by atoms with van der Waals surface area (Å²) in [6, 6.07) is 18.9. The van der Waals surface area contributed by atoms with Gasteiger partial charge >= 0.3 is 11.9 Å². The van der Waals surface area contributed by atoms with E-state index in [2.05, 4.69) is 0 Å². The Morgan fingerprint density at radius 1 is 0.846 bits per heavy atom. The lowest BCUT2D eigenvalue weighted by Crippen LogP contribution is -2.33. The third-order valence-corrected chi connectivity index (χ3v) is 4.43. The van der Waals surface area contributed by atoms with Crippen LogP contribution in [0.5, 0.6) is 0 Å². The molecule has 0 saturated heterocycles. The van der Waals surface area contributed by atoms with Gasteiger partial charge < -0.3 is 9.47 Å². The van der Waals surface area contributed by atoms with E-state index in [0.717, 1.165) is 24.0 Å². The van der Waals surface area contributed by atoms with Gasteiger partial charge in [0.1, 0.15) is 13.2 Å². The van der Waals surface area contributed by atoms with Gasteiger partial charge in [0.25, 0.3) is 0 Å². The van der Waals surface area contributed by atoms with E-state index in [1.165, 1.54) is 0 Å². The molecule has 4 heteroatoms. The largest absolute Gasteiger partial charge is 0.460 e. The van der Waals surface area contributed by atoms with E-state index in [0.29, 0.717) is 0 Å². The highest BCUT2D eigenvalue weighted by Gasteiger charge is 2.37. The molecule has 2 aromatic carbocycles.